The fraction of sp³-hybridized carbons (Fsp3) is 0.297. The third-order valence-electron chi connectivity index (χ3n) is 8.56. The van der Waals surface area contributed by atoms with E-state index in [1.54, 1.807) is 7.11 Å². The van der Waals surface area contributed by atoms with Crippen LogP contribution in [0.3, 0.4) is 0 Å². The average Bonchev–Trinajstić information content (AvgIpc) is 3.16. The maximum Gasteiger partial charge on any atom is 0.250 e. The summed E-state index contributed by atoms with van der Waals surface area (Å²) in [5.41, 5.74) is 8.74. The van der Waals surface area contributed by atoms with E-state index in [0.717, 1.165) is 36.5 Å². The molecule has 0 fully saturated rings. The molecule has 3 nitrogen and oxygen atoms in total. The lowest BCUT2D eigenvalue weighted by atomic mass is 9.87. The van der Waals surface area contributed by atoms with Gasteiger partial charge >= 0.3 is 0 Å². The average molecular weight is 563 g/mol. The van der Waals surface area contributed by atoms with E-state index in [1.165, 1.54) is 39.0 Å². The van der Waals surface area contributed by atoms with Crippen LogP contribution < -0.4 is 13.9 Å². The number of rotatable bonds is 8. The molecule has 4 aromatic carbocycles. The molecule has 0 atom stereocenters. The minimum atomic E-state index is -1.91. The number of hydrogen-bond acceptors (Lipinski definition) is 3. The molecule has 0 aromatic heterocycles. The van der Waals surface area contributed by atoms with E-state index in [-0.39, 0.29) is 5.04 Å². The van der Waals surface area contributed by atoms with Crippen LogP contribution in [0.1, 0.15) is 61.4 Å². The zero-order valence-electron chi connectivity index (χ0n) is 25.3. The Hall–Kier alpha value is -3.76. The monoisotopic (exact) mass is 562 g/mol. The van der Waals surface area contributed by atoms with E-state index < -0.39 is 8.32 Å². The minimum absolute atomic E-state index is 0.154. The fourth-order valence-corrected chi connectivity index (χ4v) is 6.24. The Morgan fingerprint density at radius 1 is 0.707 bits per heavy atom. The van der Waals surface area contributed by atoms with Crippen molar-refractivity contribution in [2.75, 3.05) is 7.11 Å². The lowest BCUT2D eigenvalue weighted by molar-refractivity contribution is 0.302. The zero-order chi connectivity index (χ0) is 29.0. The highest BCUT2D eigenvalue weighted by Crippen LogP contribution is 2.43. The van der Waals surface area contributed by atoms with Gasteiger partial charge in [0.2, 0.25) is 8.32 Å². The fourth-order valence-electron chi connectivity index (χ4n) is 5.21. The Bertz CT molecular complexity index is 1500. The number of benzene rings is 4. The van der Waals surface area contributed by atoms with E-state index in [4.69, 9.17) is 13.9 Å². The molecule has 4 heteroatoms. The first-order chi connectivity index (χ1) is 19.7. The molecule has 0 radical (unpaired) electrons. The lowest BCUT2D eigenvalue weighted by Crippen LogP contribution is -2.43. The van der Waals surface area contributed by atoms with Crippen LogP contribution in [0.2, 0.25) is 18.1 Å². The molecule has 0 saturated carbocycles. The highest BCUT2D eigenvalue weighted by atomic mass is 28.4. The second kappa shape index (κ2) is 12.0. The van der Waals surface area contributed by atoms with Crippen LogP contribution in [-0.4, -0.2) is 15.4 Å². The van der Waals surface area contributed by atoms with Gasteiger partial charge in [-0.05, 0) is 101 Å². The van der Waals surface area contributed by atoms with Gasteiger partial charge in [-0.1, -0.05) is 87.5 Å². The van der Waals surface area contributed by atoms with Gasteiger partial charge in [0, 0.05) is 5.56 Å². The first-order valence-electron chi connectivity index (χ1n) is 14.6. The van der Waals surface area contributed by atoms with Crippen molar-refractivity contribution in [3.05, 3.63) is 125 Å². The largest absolute Gasteiger partial charge is 0.544 e. The molecule has 41 heavy (non-hydrogen) atoms. The number of allylic oxidation sites excluding steroid dienone is 1. The number of hydrogen-bond donors (Lipinski definition) is 0. The molecule has 0 unspecified atom stereocenters. The highest BCUT2D eigenvalue weighted by molar-refractivity contribution is 6.74. The normalized spacial score (nSPS) is 13.8. The van der Waals surface area contributed by atoms with Crippen molar-refractivity contribution < 1.29 is 13.9 Å². The van der Waals surface area contributed by atoms with Gasteiger partial charge in [0.25, 0.3) is 0 Å². The van der Waals surface area contributed by atoms with Gasteiger partial charge in [-0.3, -0.25) is 0 Å². The van der Waals surface area contributed by atoms with Crippen molar-refractivity contribution in [2.24, 2.45) is 0 Å². The summed E-state index contributed by atoms with van der Waals surface area (Å²) in [4.78, 5) is 0. The van der Waals surface area contributed by atoms with Crippen molar-refractivity contribution >= 4 is 19.5 Å². The van der Waals surface area contributed by atoms with E-state index in [0.29, 0.717) is 6.61 Å². The molecule has 4 aromatic rings. The van der Waals surface area contributed by atoms with E-state index in [1.807, 2.05) is 6.07 Å². The lowest BCUT2D eigenvalue weighted by Gasteiger charge is -2.36. The molecular weight excluding hydrogens is 520 g/mol. The van der Waals surface area contributed by atoms with Crippen LogP contribution in [0, 0.1) is 0 Å². The summed E-state index contributed by atoms with van der Waals surface area (Å²) in [5.74, 6) is 2.78. The predicted molar refractivity (Wildman–Crippen MR) is 173 cm³/mol. The molecule has 5 rings (SSSR count). The summed E-state index contributed by atoms with van der Waals surface area (Å²) in [6.45, 7) is 12.0. The van der Waals surface area contributed by atoms with E-state index in [2.05, 4.69) is 125 Å². The summed E-state index contributed by atoms with van der Waals surface area (Å²) in [5, 5.41) is 0.154. The minimum Gasteiger partial charge on any atom is -0.544 e. The number of ether oxygens (including phenoxy) is 2. The Labute approximate surface area is 246 Å². The van der Waals surface area contributed by atoms with Crippen LogP contribution in [0.25, 0.3) is 11.1 Å². The summed E-state index contributed by atoms with van der Waals surface area (Å²) in [7, 11) is -0.197. The van der Waals surface area contributed by atoms with E-state index in [9.17, 15) is 0 Å². The molecule has 0 bridgehead atoms. The number of methoxy groups -OCH3 is 1. The maximum atomic E-state index is 6.60. The Kier molecular flexibility index (Phi) is 8.41. The standard InChI is InChI=1S/C37H42O3Si/c1-37(2,3)41(5,6)40-31-24-18-28(19-25-31)32-14-10-15-33-34(36(32)29-20-22-30(38-4)23-21-29)16-11-17-35(33)39-26-27-12-8-7-9-13-27/h7-9,11-13,16-25H,10,14-15,26H2,1-6H3. The highest BCUT2D eigenvalue weighted by Gasteiger charge is 2.39. The van der Waals surface area contributed by atoms with Crippen LogP contribution in [0.15, 0.2) is 97.1 Å². The summed E-state index contributed by atoms with van der Waals surface area (Å²) >= 11 is 0. The van der Waals surface area contributed by atoms with Gasteiger partial charge in [0.05, 0.1) is 7.11 Å². The molecule has 1 aliphatic rings. The van der Waals surface area contributed by atoms with Crippen molar-refractivity contribution in [1.29, 1.82) is 0 Å². The molecule has 1 aliphatic carbocycles. The first-order valence-corrected chi connectivity index (χ1v) is 17.5. The van der Waals surface area contributed by atoms with Gasteiger partial charge in [0.1, 0.15) is 23.9 Å². The van der Waals surface area contributed by atoms with Gasteiger partial charge in [-0.2, -0.15) is 0 Å². The van der Waals surface area contributed by atoms with Gasteiger partial charge in [0.15, 0.2) is 0 Å². The molecule has 212 valence electrons. The third kappa shape index (κ3) is 6.44. The maximum absolute atomic E-state index is 6.60. The van der Waals surface area contributed by atoms with Crippen LogP contribution in [0.5, 0.6) is 17.2 Å². The zero-order valence-corrected chi connectivity index (χ0v) is 26.3. The molecular formula is C37H42O3Si. The molecule has 0 spiro atoms. The van der Waals surface area contributed by atoms with Crippen molar-refractivity contribution in [1.82, 2.24) is 0 Å². The van der Waals surface area contributed by atoms with Crippen LogP contribution in [0.4, 0.5) is 0 Å². The van der Waals surface area contributed by atoms with Gasteiger partial charge in [-0.25, -0.2) is 0 Å². The Morgan fingerprint density at radius 3 is 2.02 bits per heavy atom. The van der Waals surface area contributed by atoms with Gasteiger partial charge < -0.3 is 13.9 Å². The summed E-state index contributed by atoms with van der Waals surface area (Å²) in [6.07, 6.45) is 3.00. The quantitative estimate of drug-likeness (QED) is 0.200. The van der Waals surface area contributed by atoms with Gasteiger partial charge in [-0.15, -0.1) is 0 Å². The topological polar surface area (TPSA) is 27.7 Å². The Balaban J connectivity index is 1.57. The summed E-state index contributed by atoms with van der Waals surface area (Å²) in [6, 6.07) is 34.1. The van der Waals surface area contributed by atoms with Crippen molar-refractivity contribution in [3.8, 4) is 17.2 Å². The SMILES string of the molecule is COc1ccc(C2=C(c3ccc(O[Si](C)(C)C(C)(C)C)cc3)CCCc3c(OCc4ccccc4)cccc32)cc1. The molecule has 0 amide bonds. The van der Waals surface area contributed by atoms with Crippen LogP contribution in [-0.2, 0) is 13.0 Å². The smallest absolute Gasteiger partial charge is 0.250 e. The predicted octanol–water partition coefficient (Wildman–Crippen LogP) is 9.95. The van der Waals surface area contributed by atoms with Crippen molar-refractivity contribution in [2.45, 2.75) is 64.8 Å². The molecule has 0 saturated heterocycles. The van der Waals surface area contributed by atoms with E-state index >= 15 is 0 Å². The molecule has 0 aliphatic heterocycles. The number of fused-ring (bicyclic) bond motifs is 1. The van der Waals surface area contributed by atoms with Crippen molar-refractivity contribution in [3.63, 3.8) is 0 Å². The first kappa shape index (κ1) is 28.8. The Morgan fingerprint density at radius 2 is 1.37 bits per heavy atom. The van der Waals surface area contributed by atoms with Crippen LogP contribution >= 0.6 is 0 Å². The second-order valence-corrected chi connectivity index (χ2v) is 17.1. The summed E-state index contributed by atoms with van der Waals surface area (Å²) < 4.78 is 18.5. The third-order valence-corrected chi connectivity index (χ3v) is 12.9. The molecule has 0 N–H and O–H groups in total. The molecule has 0 heterocycles. The second-order valence-electron chi connectivity index (χ2n) is 12.4.